The summed E-state index contributed by atoms with van der Waals surface area (Å²) in [4.78, 5) is 35.1. The lowest BCUT2D eigenvalue weighted by Crippen LogP contribution is -1.49. The Bertz CT molecular complexity index is 1360. The molecule has 6 rings (SSSR count). The molecule has 6 aromatic rings. The summed E-state index contributed by atoms with van der Waals surface area (Å²) in [6, 6.07) is 8.27. The van der Waals surface area contributed by atoms with Crippen LogP contribution in [-0.4, -0.2) is 12.3 Å². The lowest BCUT2D eigenvalue weighted by Gasteiger charge is -1.74. The molecule has 0 fully saturated rings. The second-order valence-corrected chi connectivity index (χ2v) is 10.0. The van der Waals surface area contributed by atoms with Crippen LogP contribution in [0.2, 0.25) is 0 Å². The maximum atomic E-state index is 8.12. The summed E-state index contributed by atoms with van der Waals surface area (Å²) in [6.07, 6.45) is 0.500. The second-order valence-electron chi connectivity index (χ2n) is 5.70. The van der Waals surface area contributed by atoms with E-state index >= 15 is 0 Å². The van der Waals surface area contributed by atoms with Gasteiger partial charge in [0.05, 0.1) is 18.8 Å². The molecule has 0 spiro atoms. The summed E-state index contributed by atoms with van der Waals surface area (Å²) in [6.45, 7) is 4.22. The molecule has 6 aromatic heterocycles. The molecule has 6 nitrogen and oxygen atoms in total. The Morgan fingerprint density at radius 3 is 1.37 bits per heavy atom. The predicted molar refractivity (Wildman–Crippen MR) is 118 cm³/mol. The molecule has 6 heterocycles. The van der Waals surface area contributed by atoms with Crippen molar-refractivity contribution in [3.05, 3.63) is 44.8 Å². The minimum absolute atomic E-state index is 0.250. The van der Waals surface area contributed by atoms with Crippen molar-refractivity contribution in [3.63, 3.8) is 0 Å². The highest BCUT2D eigenvalue weighted by Crippen LogP contribution is 2.38. The van der Waals surface area contributed by atoms with E-state index in [0.717, 1.165) is 22.3 Å². The molecular formula is C20H12O6S4. The SMILES string of the molecule is Cc1cc2oc3ccsc3c2s1.Cc1cc2oc3ccsc3c2s1.O=C=O.O=C=O. The predicted octanol–water partition coefficient (Wildman–Crippen LogP) is 6.87. The topological polar surface area (TPSA) is 94.6 Å². The third-order valence-electron chi connectivity index (χ3n) is 3.75. The fourth-order valence-electron chi connectivity index (χ4n) is 2.77. The van der Waals surface area contributed by atoms with Gasteiger partial charge in [0.2, 0.25) is 0 Å². The summed E-state index contributed by atoms with van der Waals surface area (Å²) in [5.41, 5.74) is 4.14. The molecule has 0 aliphatic carbocycles. The second kappa shape index (κ2) is 9.77. The zero-order chi connectivity index (χ0) is 21.7. The third-order valence-corrected chi connectivity index (χ3v) is 7.94. The molecule has 0 unspecified atom stereocenters. The first kappa shape index (κ1) is 21.9. The van der Waals surface area contributed by atoms with Gasteiger partial charge in [-0.3, -0.25) is 0 Å². The molecule has 0 amide bonds. The van der Waals surface area contributed by atoms with Crippen LogP contribution in [0, 0.1) is 13.8 Å². The number of carbonyl (C=O) groups excluding carboxylic acids is 4. The fraction of sp³-hybridized carbons (Fsp3) is 0.100. The molecule has 10 heteroatoms. The van der Waals surface area contributed by atoms with E-state index < -0.39 is 0 Å². The first-order chi connectivity index (χ1) is 14.5. The van der Waals surface area contributed by atoms with Crippen molar-refractivity contribution in [2.24, 2.45) is 0 Å². The maximum absolute atomic E-state index is 8.12. The molecule has 0 saturated heterocycles. The van der Waals surface area contributed by atoms with Crippen LogP contribution in [0.15, 0.2) is 43.9 Å². The van der Waals surface area contributed by atoms with E-state index in [-0.39, 0.29) is 12.3 Å². The van der Waals surface area contributed by atoms with Crippen molar-refractivity contribution in [3.8, 4) is 0 Å². The molecular weight excluding hydrogens is 464 g/mol. The summed E-state index contributed by atoms with van der Waals surface area (Å²) < 4.78 is 16.5. The normalized spacial score (nSPS) is 9.93. The summed E-state index contributed by atoms with van der Waals surface area (Å²) in [5, 5.41) is 4.14. The number of hydrogen-bond acceptors (Lipinski definition) is 10. The van der Waals surface area contributed by atoms with Crippen molar-refractivity contribution in [1.82, 2.24) is 0 Å². The van der Waals surface area contributed by atoms with Gasteiger partial charge in [0.15, 0.2) is 0 Å². The molecule has 0 bridgehead atoms. The highest BCUT2D eigenvalue weighted by atomic mass is 32.1. The van der Waals surface area contributed by atoms with E-state index in [1.54, 1.807) is 22.7 Å². The quantitative estimate of drug-likeness (QED) is 0.237. The molecule has 0 aliphatic rings. The van der Waals surface area contributed by atoms with Crippen LogP contribution >= 0.6 is 45.3 Å². The molecule has 0 saturated carbocycles. The Morgan fingerprint density at radius 2 is 1.00 bits per heavy atom. The largest absolute Gasteiger partial charge is 0.454 e. The zero-order valence-corrected chi connectivity index (χ0v) is 18.8. The van der Waals surface area contributed by atoms with Crippen LogP contribution in [-0.2, 0) is 19.2 Å². The lowest BCUT2D eigenvalue weighted by molar-refractivity contribution is -0.193. The molecule has 152 valence electrons. The molecule has 0 atom stereocenters. The zero-order valence-electron chi connectivity index (χ0n) is 15.5. The van der Waals surface area contributed by atoms with Crippen LogP contribution in [0.25, 0.3) is 41.1 Å². The Hall–Kier alpha value is -2.84. The van der Waals surface area contributed by atoms with Gasteiger partial charge in [0.1, 0.15) is 22.3 Å². The smallest absolute Gasteiger partial charge is 0.373 e. The first-order valence-electron chi connectivity index (χ1n) is 8.23. The van der Waals surface area contributed by atoms with Crippen LogP contribution in [0.4, 0.5) is 0 Å². The van der Waals surface area contributed by atoms with E-state index in [0.29, 0.717) is 0 Å². The van der Waals surface area contributed by atoms with E-state index in [4.69, 9.17) is 28.0 Å². The van der Waals surface area contributed by atoms with E-state index in [1.165, 1.54) is 28.6 Å². The first-order valence-corrected chi connectivity index (χ1v) is 11.6. The van der Waals surface area contributed by atoms with Gasteiger partial charge in [-0.05, 0) is 48.9 Å². The number of furan rings is 2. The number of rotatable bonds is 0. The molecule has 0 N–H and O–H groups in total. The molecule has 0 aliphatic heterocycles. The minimum Gasteiger partial charge on any atom is -0.454 e. The van der Waals surface area contributed by atoms with Crippen LogP contribution in [0.3, 0.4) is 0 Å². The van der Waals surface area contributed by atoms with Gasteiger partial charge in [0, 0.05) is 9.75 Å². The van der Waals surface area contributed by atoms with Crippen molar-refractivity contribution in [2.75, 3.05) is 0 Å². The van der Waals surface area contributed by atoms with Crippen LogP contribution in [0.1, 0.15) is 9.75 Å². The van der Waals surface area contributed by atoms with Gasteiger partial charge in [-0.2, -0.15) is 19.2 Å². The summed E-state index contributed by atoms with van der Waals surface area (Å²) in [5.74, 6) is 0. The highest BCUT2D eigenvalue weighted by Gasteiger charge is 2.10. The average molecular weight is 477 g/mol. The Morgan fingerprint density at radius 1 is 0.633 bits per heavy atom. The van der Waals surface area contributed by atoms with E-state index in [2.05, 4.69) is 36.7 Å². The number of thiophene rings is 4. The van der Waals surface area contributed by atoms with Crippen LogP contribution in [0.5, 0.6) is 0 Å². The molecule has 30 heavy (non-hydrogen) atoms. The van der Waals surface area contributed by atoms with E-state index in [9.17, 15) is 0 Å². The number of hydrogen-bond donors (Lipinski definition) is 0. The number of aryl methyl sites for hydroxylation is 2. The lowest BCUT2D eigenvalue weighted by atomic mass is 10.4. The number of fused-ring (bicyclic) bond motifs is 6. The van der Waals surface area contributed by atoms with E-state index in [1.807, 2.05) is 34.8 Å². The van der Waals surface area contributed by atoms with Gasteiger partial charge in [0.25, 0.3) is 0 Å². The van der Waals surface area contributed by atoms with Crippen molar-refractivity contribution >= 4 is 98.8 Å². The average Bonchev–Trinajstić information content (AvgIpc) is 3.46. The Kier molecular flexibility index (Phi) is 7.12. The summed E-state index contributed by atoms with van der Waals surface area (Å²) >= 11 is 7.13. The van der Waals surface area contributed by atoms with Crippen molar-refractivity contribution < 1.29 is 28.0 Å². The maximum Gasteiger partial charge on any atom is 0.373 e. The van der Waals surface area contributed by atoms with Gasteiger partial charge < -0.3 is 8.83 Å². The van der Waals surface area contributed by atoms with Crippen LogP contribution < -0.4 is 0 Å². The van der Waals surface area contributed by atoms with Gasteiger partial charge in [-0.25, -0.2) is 0 Å². The summed E-state index contributed by atoms with van der Waals surface area (Å²) in [7, 11) is 0. The monoisotopic (exact) mass is 476 g/mol. The Balaban J connectivity index is 0.000000136. The van der Waals surface area contributed by atoms with Crippen molar-refractivity contribution in [1.29, 1.82) is 0 Å². The highest BCUT2D eigenvalue weighted by molar-refractivity contribution is 7.27. The van der Waals surface area contributed by atoms with Gasteiger partial charge in [-0.1, -0.05) is 0 Å². The fourth-order valence-corrected chi connectivity index (χ4v) is 6.60. The Labute approximate surface area is 184 Å². The van der Waals surface area contributed by atoms with Crippen molar-refractivity contribution in [2.45, 2.75) is 13.8 Å². The van der Waals surface area contributed by atoms with Gasteiger partial charge >= 0.3 is 12.3 Å². The standard InChI is InChI=1S/2C9H6OS2.2CO2/c2*1-5-4-7-9(12-5)8-6(10-7)2-3-11-8;2*2-1-3/h2*2-4H,1H3;;. The molecule has 0 aromatic carbocycles. The minimum atomic E-state index is 0.250. The third kappa shape index (κ3) is 4.49. The molecule has 0 radical (unpaired) electrons. The van der Waals surface area contributed by atoms with Gasteiger partial charge in [-0.15, -0.1) is 45.3 Å².